The van der Waals surface area contributed by atoms with Gasteiger partial charge in [-0.25, -0.2) is 9.59 Å². The van der Waals surface area contributed by atoms with Crippen LogP contribution in [0.1, 0.15) is 94.9 Å². The third-order valence-electron chi connectivity index (χ3n) is 4.54. The molecule has 8 heteroatoms. The van der Waals surface area contributed by atoms with Crippen LogP contribution in [-0.2, 0) is 9.47 Å². The van der Waals surface area contributed by atoms with E-state index in [2.05, 4.69) is 10.6 Å². The summed E-state index contributed by atoms with van der Waals surface area (Å²) in [5.41, 5.74) is 10.8. The number of amides is 2. The predicted molar refractivity (Wildman–Crippen MR) is 123 cm³/mol. The summed E-state index contributed by atoms with van der Waals surface area (Å²) >= 11 is 0. The minimum absolute atomic E-state index is 0. The lowest BCUT2D eigenvalue weighted by atomic mass is 10.2. The Labute approximate surface area is 184 Å². The maximum atomic E-state index is 11.4. The SMILES string of the molecule is C.C.CC(C)(C)OC(=O)N[C@@H]1CCC[C@H]1N.CC(C)(C)OC(=O)N[C@@H]1CCC[C@H]1N. The van der Waals surface area contributed by atoms with E-state index in [1.54, 1.807) is 0 Å². The lowest BCUT2D eigenvalue weighted by Crippen LogP contribution is -2.45. The molecule has 8 nitrogen and oxygen atoms in total. The second-order valence-electron chi connectivity index (χ2n) is 9.69. The van der Waals surface area contributed by atoms with Gasteiger partial charge in [0, 0.05) is 24.2 Å². The Bertz CT molecular complexity index is 468. The van der Waals surface area contributed by atoms with Gasteiger partial charge in [0.25, 0.3) is 0 Å². The standard InChI is InChI=1S/2C10H20N2O2.2CH4/c2*1-10(2,3)14-9(13)12-8-6-4-5-7(8)11;;/h2*7-8H,4-6,11H2,1-3H3,(H,12,13);2*1H4/t2*7-,8-;;/m11../s1. The Morgan fingerprint density at radius 2 is 1.00 bits per heavy atom. The number of rotatable bonds is 2. The molecule has 2 aliphatic rings. The molecule has 0 aliphatic heterocycles. The van der Waals surface area contributed by atoms with Gasteiger partial charge in [0.2, 0.25) is 0 Å². The Hall–Kier alpha value is -1.54. The van der Waals surface area contributed by atoms with E-state index in [0.29, 0.717) is 0 Å². The van der Waals surface area contributed by atoms with Gasteiger partial charge in [-0.3, -0.25) is 0 Å². The van der Waals surface area contributed by atoms with Crippen molar-refractivity contribution in [1.82, 2.24) is 10.6 Å². The van der Waals surface area contributed by atoms with Crippen LogP contribution < -0.4 is 22.1 Å². The summed E-state index contributed by atoms with van der Waals surface area (Å²) in [6, 6.07) is 0.347. The van der Waals surface area contributed by atoms with Crippen LogP contribution in [0.25, 0.3) is 0 Å². The zero-order valence-corrected chi connectivity index (χ0v) is 18.3. The number of nitrogens with two attached hydrogens (primary N) is 2. The first kappa shape index (κ1) is 30.7. The van der Waals surface area contributed by atoms with Gasteiger partial charge >= 0.3 is 12.2 Å². The van der Waals surface area contributed by atoms with Crippen molar-refractivity contribution in [3.8, 4) is 0 Å². The average Bonchev–Trinajstić information content (AvgIpc) is 3.05. The van der Waals surface area contributed by atoms with Crippen molar-refractivity contribution in [2.75, 3.05) is 0 Å². The normalized spacial score (nSPS) is 25.6. The van der Waals surface area contributed by atoms with Crippen LogP contribution in [0, 0.1) is 0 Å². The molecule has 30 heavy (non-hydrogen) atoms. The number of carbonyl (C=O) groups excluding carboxylic acids is 2. The minimum Gasteiger partial charge on any atom is -0.444 e. The number of nitrogens with one attached hydrogen (secondary N) is 2. The second-order valence-corrected chi connectivity index (χ2v) is 9.69. The number of ether oxygens (including phenoxy) is 2. The van der Waals surface area contributed by atoms with E-state index in [1.165, 1.54) is 0 Å². The first-order chi connectivity index (χ1) is 12.8. The third kappa shape index (κ3) is 12.9. The summed E-state index contributed by atoms with van der Waals surface area (Å²) in [4.78, 5) is 22.7. The molecule has 2 amide bonds. The monoisotopic (exact) mass is 432 g/mol. The van der Waals surface area contributed by atoms with Gasteiger partial charge in [-0.05, 0) is 80.1 Å². The third-order valence-corrected chi connectivity index (χ3v) is 4.54. The van der Waals surface area contributed by atoms with Gasteiger partial charge in [-0.1, -0.05) is 14.9 Å². The number of alkyl carbamates (subject to hydrolysis) is 2. The molecule has 0 aromatic carbocycles. The van der Waals surface area contributed by atoms with E-state index < -0.39 is 11.2 Å². The van der Waals surface area contributed by atoms with Crippen LogP contribution in [-0.4, -0.2) is 47.6 Å². The number of hydrogen-bond donors (Lipinski definition) is 4. The molecule has 2 fully saturated rings. The summed E-state index contributed by atoms with van der Waals surface area (Å²) in [5, 5.41) is 5.60. The first-order valence-electron chi connectivity index (χ1n) is 10.3. The molecule has 0 aromatic rings. The molecule has 0 bridgehead atoms. The molecule has 0 saturated heterocycles. The van der Waals surface area contributed by atoms with Gasteiger partial charge in [0.15, 0.2) is 0 Å². The highest BCUT2D eigenvalue weighted by Gasteiger charge is 2.28. The Morgan fingerprint density at radius 1 is 0.700 bits per heavy atom. The molecule has 2 aliphatic carbocycles. The number of carbonyl (C=O) groups is 2. The van der Waals surface area contributed by atoms with Gasteiger partial charge in [0.05, 0.1) is 0 Å². The van der Waals surface area contributed by atoms with Crippen LogP contribution in [0.3, 0.4) is 0 Å². The van der Waals surface area contributed by atoms with Crippen molar-refractivity contribution < 1.29 is 19.1 Å². The molecular formula is C22H48N4O4. The fourth-order valence-corrected chi connectivity index (χ4v) is 3.25. The van der Waals surface area contributed by atoms with Crippen LogP contribution in [0.4, 0.5) is 9.59 Å². The minimum atomic E-state index is -0.438. The van der Waals surface area contributed by atoms with E-state index in [9.17, 15) is 9.59 Å². The molecule has 0 aromatic heterocycles. The second kappa shape index (κ2) is 13.0. The van der Waals surface area contributed by atoms with Crippen LogP contribution in [0.5, 0.6) is 0 Å². The average molecular weight is 433 g/mol. The molecule has 180 valence electrons. The number of hydrogen-bond acceptors (Lipinski definition) is 6. The molecule has 2 saturated carbocycles. The fourth-order valence-electron chi connectivity index (χ4n) is 3.25. The Balaban J connectivity index is 0. The van der Waals surface area contributed by atoms with Gasteiger partial charge in [-0.2, -0.15) is 0 Å². The summed E-state index contributed by atoms with van der Waals surface area (Å²) in [6.07, 6.45) is 5.34. The highest BCUT2D eigenvalue weighted by Crippen LogP contribution is 2.18. The maximum absolute atomic E-state index is 11.4. The topological polar surface area (TPSA) is 129 Å². The van der Waals surface area contributed by atoms with E-state index in [-0.39, 0.29) is 51.2 Å². The van der Waals surface area contributed by atoms with Crippen LogP contribution >= 0.6 is 0 Å². The fraction of sp³-hybridized carbons (Fsp3) is 0.909. The van der Waals surface area contributed by atoms with Crippen molar-refractivity contribution in [1.29, 1.82) is 0 Å². The van der Waals surface area contributed by atoms with Gasteiger partial charge < -0.3 is 31.6 Å². The maximum Gasteiger partial charge on any atom is 0.407 e. The molecule has 0 unspecified atom stereocenters. The highest BCUT2D eigenvalue weighted by atomic mass is 16.6. The summed E-state index contributed by atoms with van der Waals surface area (Å²) in [6.45, 7) is 11.1. The largest absolute Gasteiger partial charge is 0.444 e. The van der Waals surface area contributed by atoms with E-state index in [1.807, 2.05) is 41.5 Å². The lowest BCUT2D eigenvalue weighted by molar-refractivity contribution is 0.0490. The van der Waals surface area contributed by atoms with E-state index in [4.69, 9.17) is 20.9 Å². The zero-order chi connectivity index (χ0) is 21.5. The lowest BCUT2D eigenvalue weighted by Gasteiger charge is -2.23. The Morgan fingerprint density at radius 3 is 1.20 bits per heavy atom. The van der Waals surface area contributed by atoms with Gasteiger partial charge in [0.1, 0.15) is 11.2 Å². The van der Waals surface area contributed by atoms with E-state index >= 15 is 0 Å². The first-order valence-corrected chi connectivity index (χ1v) is 10.3. The predicted octanol–water partition coefficient (Wildman–Crippen LogP) is 4.05. The highest BCUT2D eigenvalue weighted by molar-refractivity contribution is 5.68. The summed E-state index contributed by atoms with van der Waals surface area (Å²) in [5.74, 6) is 0. The van der Waals surface area contributed by atoms with Crippen molar-refractivity contribution in [3.63, 3.8) is 0 Å². The molecule has 0 heterocycles. The quantitative estimate of drug-likeness (QED) is 0.521. The summed E-state index contributed by atoms with van der Waals surface area (Å²) in [7, 11) is 0. The van der Waals surface area contributed by atoms with Crippen LogP contribution in [0.15, 0.2) is 0 Å². The van der Waals surface area contributed by atoms with Gasteiger partial charge in [-0.15, -0.1) is 0 Å². The summed E-state index contributed by atoms with van der Waals surface area (Å²) < 4.78 is 10.3. The van der Waals surface area contributed by atoms with Crippen molar-refractivity contribution >= 4 is 12.2 Å². The molecule has 0 radical (unpaired) electrons. The molecule has 6 N–H and O–H groups in total. The molecule has 2 rings (SSSR count). The van der Waals surface area contributed by atoms with Crippen molar-refractivity contribution in [2.45, 2.75) is 130 Å². The molecular weight excluding hydrogens is 384 g/mol. The van der Waals surface area contributed by atoms with Crippen LogP contribution in [0.2, 0.25) is 0 Å². The van der Waals surface area contributed by atoms with Crippen molar-refractivity contribution in [2.24, 2.45) is 11.5 Å². The van der Waals surface area contributed by atoms with Crippen molar-refractivity contribution in [3.05, 3.63) is 0 Å². The zero-order valence-electron chi connectivity index (χ0n) is 18.3. The molecule has 0 spiro atoms. The molecule has 4 atom stereocenters. The smallest absolute Gasteiger partial charge is 0.407 e. The Kier molecular flexibility index (Phi) is 13.3. The van der Waals surface area contributed by atoms with E-state index in [0.717, 1.165) is 38.5 Å².